The highest BCUT2D eigenvalue weighted by atomic mass is 35.5. The van der Waals surface area contributed by atoms with Gasteiger partial charge in [0.2, 0.25) is 15.9 Å². The van der Waals surface area contributed by atoms with Crippen molar-refractivity contribution in [2.24, 2.45) is 0 Å². The maximum atomic E-state index is 13.4. The third-order valence-corrected chi connectivity index (χ3v) is 7.95. The molecule has 1 N–H and O–H groups in total. The third-order valence-electron chi connectivity index (χ3n) is 4.86. The summed E-state index contributed by atoms with van der Waals surface area (Å²) in [7, 11) is -1.26. The molecular formula is C23H20Cl4N2O5S. The minimum Gasteiger partial charge on any atom is -0.495 e. The van der Waals surface area contributed by atoms with Crippen LogP contribution in [0.15, 0.2) is 59.5 Å². The first-order valence-electron chi connectivity index (χ1n) is 9.96. The molecule has 3 rings (SSSR count). The second-order valence-corrected chi connectivity index (χ2v) is 10.8. The summed E-state index contributed by atoms with van der Waals surface area (Å²) in [5.41, 5.74) is 0.799. The van der Waals surface area contributed by atoms with Crippen molar-refractivity contribution in [1.29, 1.82) is 0 Å². The van der Waals surface area contributed by atoms with Crippen molar-refractivity contribution >= 4 is 68.0 Å². The van der Waals surface area contributed by atoms with Crippen LogP contribution in [0.25, 0.3) is 0 Å². The molecule has 0 bridgehead atoms. The first kappa shape index (κ1) is 27.4. The number of hydrogen-bond donors (Lipinski definition) is 1. The number of amides is 1. The number of carbonyl (C=O) groups excluding carboxylic acids is 1. The SMILES string of the molecule is COc1cc(NC(=O)CN(Cc2ccc(Cl)c(Cl)c2)S(=O)(=O)c2ccc(Cl)cc2)c(OC)cc1Cl. The predicted octanol–water partition coefficient (Wildman–Crippen LogP) is 6.15. The van der Waals surface area contributed by atoms with Crippen molar-refractivity contribution in [3.8, 4) is 11.5 Å². The van der Waals surface area contributed by atoms with E-state index < -0.39 is 22.5 Å². The molecular weight excluding hydrogens is 558 g/mol. The molecule has 0 saturated heterocycles. The molecule has 0 heterocycles. The maximum absolute atomic E-state index is 13.4. The van der Waals surface area contributed by atoms with E-state index >= 15 is 0 Å². The van der Waals surface area contributed by atoms with Crippen molar-refractivity contribution in [3.05, 3.63) is 80.3 Å². The van der Waals surface area contributed by atoms with Crippen LogP contribution in [0.5, 0.6) is 11.5 Å². The van der Waals surface area contributed by atoms with Gasteiger partial charge in [0.1, 0.15) is 11.5 Å². The fourth-order valence-electron chi connectivity index (χ4n) is 3.13. The number of carbonyl (C=O) groups is 1. The van der Waals surface area contributed by atoms with Gasteiger partial charge in [-0.15, -0.1) is 0 Å². The van der Waals surface area contributed by atoms with E-state index in [-0.39, 0.29) is 32.9 Å². The van der Waals surface area contributed by atoms with E-state index in [0.29, 0.717) is 21.4 Å². The van der Waals surface area contributed by atoms with Gasteiger partial charge in [-0.25, -0.2) is 8.42 Å². The quantitative estimate of drug-likeness (QED) is 0.330. The molecule has 0 aliphatic carbocycles. The van der Waals surface area contributed by atoms with Gasteiger partial charge in [0, 0.05) is 23.7 Å². The lowest BCUT2D eigenvalue weighted by atomic mass is 10.2. The Morgan fingerprint density at radius 2 is 1.51 bits per heavy atom. The Balaban J connectivity index is 1.94. The van der Waals surface area contributed by atoms with Gasteiger partial charge < -0.3 is 14.8 Å². The van der Waals surface area contributed by atoms with Crippen LogP contribution in [0.3, 0.4) is 0 Å². The normalized spacial score (nSPS) is 11.4. The first-order valence-corrected chi connectivity index (χ1v) is 12.9. The van der Waals surface area contributed by atoms with E-state index in [1.807, 2.05) is 0 Å². The molecule has 0 saturated carbocycles. The van der Waals surface area contributed by atoms with Gasteiger partial charge in [-0.05, 0) is 42.0 Å². The van der Waals surface area contributed by atoms with Crippen LogP contribution >= 0.6 is 46.4 Å². The van der Waals surface area contributed by atoms with Gasteiger partial charge in [0.05, 0.1) is 46.4 Å². The number of halogens is 4. The number of benzene rings is 3. The Kier molecular flexibility index (Phi) is 9.15. The van der Waals surface area contributed by atoms with Gasteiger partial charge in [0.25, 0.3) is 0 Å². The van der Waals surface area contributed by atoms with E-state index in [1.54, 1.807) is 18.2 Å². The number of rotatable bonds is 9. The predicted molar refractivity (Wildman–Crippen MR) is 139 cm³/mol. The highest BCUT2D eigenvalue weighted by Gasteiger charge is 2.28. The molecule has 12 heteroatoms. The number of hydrogen-bond acceptors (Lipinski definition) is 5. The number of sulfonamides is 1. The average molecular weight is 578 g/mol. The fourth-order valence-corrected chi connectivity index (χ4v) is 5.19. The van der Waals surface area contributed by atoms with Crippen molar-refractivity contribution in [2.75, 3.05) is 26.1 Å². The monoisotopic (exact) mass is 576 g/mol. The summed E-state index contributed by atoms with van der Waals surface area (Å²) in [5.74, 6) is -0.0322. The van der Waals surface area contributed by atoms with E-state index in [0.717, 1.165) is 4.31 Å². The van der Waals surface area contributed by atoms with Gasteiger partial charge in [0.15, 0.2) is 0 Å². The van der Waals surface area contributed by atoms with E-state index in [4.69, 9.17) is 55.9 Å². The van der Waals surface area contributed by atoms with E-state index in [9.17, 15) is 13.2 Å². The lowest BCUT2D eigenvalue weighted by molar-refractivity contribution is -0.116. The molecule has 0 spiro atoms. The summed E-state index contributed by atoms with van der Waals surface area (Å²) in [6, 6.07) is 13.3. The molecule has 3 aromatic rings. The molecule has 0 atom stereocenters. The molecule has 3 aromatic carbocycles. The van der Waals surface area contributed by atoms with Gasteiger partial charge in [-0.2, -0.15) is 4.31 Å². The molecule has 186 valence electrons. The van der Waals surface area contributed by atoms with Crippen molar-refractivity contribution in [3.63, 3.8) is 0 Å². The van der Waals surface area contributed by atoms with Crippen LogP contribution in [0.1, 0.15) is 5.56 Å². The number of methoxy groups -OCH3 is 2. The summed E-state index contributed by atoms with van der Waals surface area (Å²) in [4.78, 5) is 13.0. The van der Waals surface area contributed by atoms with Crippen LogP contribution in [-0.2, 0) is 21.4 Å². The highest BCUT2D eigenvalue weighted by Crippen LogP contribution is 2.36. The molecule has 0 fully saturated rings. The summed E-state index contributed by atoms with van der Waals surface area (Å²) in [6.45, 7) is -0.657. The Morgan fingerprint density at radius 1 is 0.857 bits per heavy atom. The van der Waals surface area contributed by atoms with Crippen LogP contribution in [0.2, 0.25) is 20.1 Å². The van der Waals surface area contributed by atoms with Gasteiger partial charge in [-0.1, -0.05) is 52.5 Å². The Hall–Kier alpha value is -2.20. The minimum absolute atomic E-state index is 0.0273. The molecule has 0 aliphatic heterocycles. The Bertz CT molecular complexity index is 1330. The molecule has 0 aromatic heterocycles. The smallest absolute Gasteiger partial charge is 0.243 e. The standard InChI is InChI=1S/C23H20Cl4N2O5S/c1-33-21-11-20(22(34-2)10-19(21)27)28-23(30)13-29(12-14-3-8-17(25)18(26)9-14)35(31,32)16-6-4-15(24)5-7-16/h3-11H,12-13H2,1-2H3,(H,28,30). The van der Waals surface area contributed by atoms with Crippen LogP contribution < -0.4 is 14.8 Å². The number of nitrogens with zero attached hydrogens (tertiary/aromatic N) is 1. The number of nitrogens with one attached hydrogen (secondary N) is 1. The van der Waals surface area contributed by atoms with Crippen molar-refractivity contribution in [1.82, 2.24) is 4.31 Å². The average Bonchev–Trinajstić information content (AvgIpc) is 2.82. The minimum atomic E-state index is -4.10. The third kappa shape index (κ3) is 6.73. The van der Waals surface area contributed by atoms with Crippen LogP contribution in [-0.4, -0.2) is 39.4 Å². The summed E-state index contributed by atoms with van der Waals surface area (Å²) in [5, 5.41) is 3.90. The number of anilines is 1. The number of ether oxygens (including phenoxy) is 2. The van der Waals surface area contributed by atoms with Gasteiger partial charge >= 0.3 is 0 Å². The fraction of sp³-hybridized carbons (Fsp3) is 0.174. The molecule has 35 heavy (non-hydrogen) atoms. The van der Waals surface area contributed by atoms with Crippen LogP contribution in [0.4, 0.5) is 5.69 Å². The summed E-state index contributed by atoms with van der Waals surface area (Å²) >= 11 is 24.1. The van der Waals surface area contributed by atoms with Crippen molar-refractivity contribution < 1.29 is 22.7 Å². The molecule has 1 amide bonds. The lowest BCUT2D eigenvalue weighted by Gasteiger charge is -2.23. The molecule has 0 radical (unpaired) electrons. The Labute approximate surface area is 223 Å². The van der Waals surface area contributed by atoms with Gasteiger partial charge in [-0.3, -0.25) is 4.79 Å². The zero-order chi connectivity index (χ0) is 25.8. The lowest BCUT2D eigenvalue weighted by Crippen LogP contribution is -2.37. The second-order valence-electron chi connectivity index (χ2n) is 7.21. The second kappa shape index (κ2) is 11.7. The zero-order valence-electron chi connectivity index (χ0n) is 18.5. The maximum Gasteiger partial charge on any atom is 0.243 e. The topological polar surface area (TPSA) is 84.9 Å². The highest BCUT2D eigenvalue weighted by molar-refractivity contribution is 7.89. The zero-order valence-corrected chi connectivity index (χ0v) is 22.4. The largest absolute Gasteiger partial charge is 0.495 e. The Morgan fingerprint density at radius 3 is 2.11 bits per heavy atom. The van der Waals surface area contributed by atoms with E-state index in [1.165, 1.54) is 50.6 Å². The van der Waals surface area contributed by atoms with Crippen molar-refractivity contribution in [2.45, 2.75) is 11.4 Å². The summed E-state index contributed by atoms with van der Waals surface area (Å²) < 4.78 is 38.4. The molecule has 0 unspecified atom stereocenters. The van der Waals surface area contributed by atoms with Crippen LogP contribution in [0, 0.1) is 0 Å². The van der Waals surface area contributed by atoms with E-state index in [2.05, 4.69) is 5.32 Å². The summed E-state index contributed by atoms with van der Waals surface area (Å²) in [6.07, 6.45) is 0. The molecule has 7 nitrogen and oxygen atoms in total. The molecule has 0 aliphatic rings. The first-order chi connectivity index (χ1) is 16.5.